The van der Waals surface area contributed by atoms with Gasteiger partial charge in [-0.3, -0.25) is 9.80 Å². The number of nitrogens with two attached hydrogens (primary N) is 1. The van der Waals surface area contributed by atoms with Crippen molar-refractivity contribution in [2.45, 2.75) is 38.5 Å². The van der Waals surface area contributed by atoms with Gasteiger partial charge in [0, 0.05) is 51.7 Å². The number of halogens is 1. The lowest BCUT2D eigenvalue weighted by molar-refractivity contribution is -0.123. The molecule has 0 bridgehead atoms. The average molecular weight is 480 g/mol. The van der Waals surface area contributed by atoms with Crippen molar-refractivity contribution in [1.29, 1.82) is 0 Å². The summed E-state index contributed by atoms with van der Waals surface area (Å²) in [5.41, 5.74) is 7.59. The summed E-state index contributed by atoms with van der Waals surface area (Å²) in [5, 5.41) is 2.82. The van der Waals surface area contributed by atoms with Gasteiger partial charge in [0.15, 0.2) is 0 Å². The van der Waals surface area contributed by atoms with Crippen molar-refractivity contribution in [3.05, 3.63) is 64.3 Å². The fourth-order valence-electron chi connectivity index (χ4n) is 4.81. The van der Waals surface area contributed by atoms with Crippen molar-refractivity contribution in [3.63, 3.8) is 0 Å². The molecule has 1 fully saturated rings. The van der Waals surface area contributed by atoms with Gasteiger partial charge < -0.3 is 10.5 Å². The van der Waals surface area contributed by atoms with Crippen molar-refractivity contribution in [2.75, 3.05) is 18.8 Å². The molecule has 0 spiro atoms. The molecular formula is C25H26ClN5OS. The van der Waals surface area contributed by atoms with Crippen molar-refractivity contribution in [3.8, 4) is 0 Å². The van der Waals surface area contributed by atoms with E-state index in [2.05, 4.69) is 45.7 Å². The molecule has 5 rings (SSSR count). The first kappa shape index (κ1) is 22.2. The first-order chi connectivity index (χ1) is 15.8. The van der Waals surface area contributed by atoms with Gasteiger partial charge in [-0.25, -0.2) is 9.97 Å². The summed E-state index contributed by atoms with van der Waals surface area (Å²) in [4.78, 5) is 26.7. The van der Waals surface area contributed by atoms with Gasteiger partial charge in [0.05, 0.1) is 11.6 Å². The van der Waals surface area contributed by atoms with Crippen LogP contribution in [0.3, 0.4) is 0 Å². The van der Waals surface area contributed by atoms with E-state index in [0.717, 1.165) is 47.4 Å². The van der Waals surface area contributed by atoms with Gasteiger partial charge in [0.2, 0.25) is 0 Å². The van der Waals surface area contributed by atoms with Crippen LogP contribution in [0.4, 0.5) is 5.82 Å². The van der Waals surface area contributed by atoms with Gasteiger partial charge in [0.25, 0.3) is 0 Å². The van der Waals surface area contributed by atoms with Crippen molar-refractivity contribution in [2.24, 2.45) is 0 Å². The van der Waals surface area contributed by atoms with Gasteiger partial charge in [-0.1, -0.05) is 23.7 Å². The number of benzene rings is 2. The topological polar surface area (TPSA) is 75.3 Å². The van der Waals surface area contributed by atoms with E-state index in [1.807, 2.05) is 30.3 Å². The molecule has 6 nitrogen and oxygen atoms in total. The summed E-state index contributed by atoms with van der Waals surface area (Å²) < 4.78 is 1.20. The summed E-state index contributed by atoms with van der Waals surface area (Å²) in [6, 6.07) is 14.1. The number of thiophene rings is 1. The van der Waals surface area contributed by atoms with E-state index in [1.165, 1.54) is 21.3 Å². The minimum atomic E-state index is -0.308. The second-order valence-corrected chi connectivity index (χ2v) is 10.7. The first-order valence-electron chi connectivity index (χ1n) is 11.0. The van der Waals surface area contributed by atoms with Crippen molar-refractivity contribution >= 4 is 56.0 Å². The lowest BCUT2D eigenvalue weighted by atomic mass is 9.88. The Morgan fingerprint density at radius 1 is 1.15 bits per heavy atom. The Morgan fingerprint density at radius 3 is 2.82 bits per heavy atom. The summed E-state index contributed by atoms with van der Waals surface area (Å²) in [5.74, 6) is 0.482. The van der Waals surface area contributed by atoms with Gasteiger partial charge in [-0.2, -0.15) is 0 Å². The monoisotopic (exact) mass is 479 g/mol. The van der Waals surface area contributed by atoms with Gasteiger partial charge in [0.1, 0.15) is 18.4 Å². The minimum Gasteiger partial charge on any atom is -0.383 e. The number of carbonyl (C=O) groups excluding carboxylic acids is 1. The molecule has 1 aliphatic heterocycles. The Balaban J connectivity index is 1.35. The lowest BCUT2D eigenvalue weighted by Crippen LogP contribution is -2.65. The molecule has 0 saturated carbocycles. The first-order valence-corrected chi connectivity index (χ1v) is 12.2. The fourth-order valence-corrected chi connectivity index (χ4v) is 6.16. The zero-order valence-electron chi connectivity index (χ0n) is 18.7. The molecule has 8 heteroatoms. The molecule has 3 heterocycles. The van der Waals surface area contributed by atoms with E-state index in [1.54, 1.807) is 11.3 Å². The van der Waals surface area contributed by atoms with Crippen molar-refractivity contribution in [1.82, 2.24) is 19.8 Å². The number of nitrogen functional groups attached to an aromatic ring is 1. The van der Waals surface area contributed by atoms with E-state index < -0.39 is 0 Å². The largest absolute Gasteiger partial charge is 0.383 e. The highest BCUT2D eigenvalue weighted by Gasteiger charge is 2.42. The van der Waals surface area contributed by atoms with Crippen LogP contribution < -0.4 is 5.73 Å². The van der Waals surface area contributed by atoms with E-state index in [-0.39, 0.29) is 11.6 Å². The van der Waals surface area contributed by atoms with Crippen molar-refractivity contribution < 1.29 is 4.79 Å². The molecule has 170 valence electrons. The highest BCUT2D eigenvalue weighted by atomic mass is 35.5. The number of hydrogen-bond donors (Lipinski definition) is 1. The summed E-state index contributed by atoms with van der Waals surface area (Å²) in [6.07, 6.45) is 2.58. The third-order valence-electron chi connectivity index (χ3n) is 6.72. The number of anilines is 1. The molecule has 2 aromatic heterocycles. The predicted octanol–water partition coefficient (Wildman–Crippen LogP) is 4.74. The summed E-state index contributed by atoms with van der Waals surface area (Å²) >= 11 is 7.93. The number of fused-ring (bicyclic) bond motifs is 2. The molecule has 0 amide bonds. The molecule has 1 atom stereocenters. The van der Waals surface area contributed by atoms with Gasteiger partial charge >= 0.3 is 0 Å². The van der Waals surface area contributed by atoms with Gasteiger partial charge in [-0.15, -0.1) is 11.3 Å². The van der Waals surface area contributed by atoms with Crippen LogP contribution in [0, 0.1) is 0 Å². The second kappa shape index (κ2) is 8.65. The SMILES string of the molecule is CC1(C)C(C=O)N(Cc2ccc3c(N)ncnc3c2)CCN1Cc1cc2ccc(Cl)cc2s1. The normalized spacial score (nSPS) is 19.3. The van der Waals surface area contributed by atoms with Crippen LogP contribution in [0.1, 0.15) is 24.3 Å². The fraction of sp³-hybridized carbons (Fsp3) is 0.320. The van der Waals surface area contributed by atoms with E-state index in [0.29, 0.717) is 12.4 Å². The molecule has 0 aliphatic carbocycles. The number of aldehydes is 1. The third kappa shape index (κ3) is 4.22. The quantitative estimate of drug-likeness (QED) is 0.416. The highest BCUT2D eigenvalue weighted by molar-refractivity contribution is 7.19. The number of piperazine rings is 1. The number of nitrogens with zero attached hydrogens (tertiary/aromatic N) is 4. The van der Waals surface area contributed by atoms with E-state index in [4.69, 9.17) is 17.3 Å². The molecule has 2 N–H and O–H groups in total. The van der Waals surface area contributed by atoms with Crippen LogP contribution in [-0.2, 0) is 17.9 Å². The smallest absolute Gasteiger partial charge is 0.139 e. The predicted molar refractivity (Wildman–Crippen MR) is 136 cm³/mol. The number of aromatic nitrogens is 2. The van der Waals surface area contributed by atoms with Crippen LogP contribution in [0.25, 0.3) is 21.0 Å². The summed E-state index contributed by atoms with van der Waals surface area (Å²) in [6.45, 7) is 7.52. The van der Waals surface area contributed by atoms with Gasteiger partial charge in [-0.05, 0) is 55.1 Å². The Hall–Kier alpha value is -2.58. The number of hydrogen-bond acceptors (Lipinski definition) is 7. The Labute approximate surface area is 202 Å². The van der Waals surface area contributed by atoms with Crippen LogP contribution in [0.2, 0.25) is 5.02 Å². The maximum absolute atomic E-state index is 12.3. The molecule has 1 saturated heterocycles. The third-order valence-corrected chi connectivity index (χ3v) is 8.03. The highest BCUT2D eigenvalue weighted by Crippen LogP contribution is 2.34. The zero-order chi connectivity index (χ0) is 23.2. The molecule has 1 aliphatic rings. The van der Waals surface area contributed by atoms with Crippen LogP contribution >= 0.6 is 22.9 Å². The molecule has 0 radical (unpaired) electrons. The van der Waals surface area contributed by atoms with E-state index >= 15 is 0 Å². The zero-order valence-corrected chi connectivity index (χ0v) is 20.2. The standard InChI is InChI=1S/C25H26ClN5OS/c1-25(2)23(14-32)30(12-16-3-6-20-21(9-16)28-15-29-24(20)27)7-8-31(25)13-19-10-17-4-5-18(26)11-22(17)33-19/h3-6,9-11,14-15,23H,7-8,12-13H2,1-2H3,(H2,27,28,29). The maximum atomic E-state index is 12.3. The minimum absolute atomic E-state index is 0.221. The molecule has 4 aromatic rings. The van der Waals surface area contributed by atoms with Crippen LogP contribution in [0.15, 0.2) is 48.8 Å². The molecule has 1 unspecified atom stereocenters. The van der Waals surface area contributed by atoms with Crippen LogP contribution in [0.5, 0.6) is 0 Å². The van der Waals surface area contributed by atoms with Crippen LogP contribution in [-0.4, -0.2) is 50.7 Å². The maximum Gasteiger partial charge on any atom is 0.139 e. The summed E-state index contributed by atoms with van der Waals surface area (Å²) in [7, 11) is 0. The Bertz CT molecular complexity index is 1340. The number of carbonyl (C=O) groups is 1. The average Bonchev–Trinajstić information content (AvgIpc) is 3.17. The molecular weight excluding hydrogens is 454 g/mol. The Morgan fingerprint density at radius 2 is 2.00 bits per heavy atom. The number of rotatable bonds is 5. The lowest BCUT2D eigenvalue weighted by Gasteiger charge is -2.51. The van der Waals surface area contributed by atoms with E-state index in [9.17, 15) is 4.79 Å². The molecule has 2 aromatic carbocycles. The Kier molecular flexibility index (Phi) is 5.82. The second-order valence-electron chi connectivity index (χ2n) is 9.13. The molecule has 33 heavy (non-hydrogen) atoms.